The van der Waals surface area contributed by atoms with Crippen molar-refractivity contribution >= 4 is 40.0 Å². The predicted molar refractivity (Wildman–Crippen MR) is 106 cm³/mol. The molecule has 0 bridgehead atoms. The number of fused-ring (bicyclic) bond motifs is 2. The molecule has 0 N–H and O–H groups in total. The van der Waals surface area contributed by atoms with Crippen molar-refractivity contribution in [2.24, 2.45) is 0 Å². The number of hydrogen-bond acceptors (Lipinski definition) is 5. The molecule has 4 aromatic rings. The number of aryl methyl sites for hydroxylation is 4. The van der Waals surface area contributed by atoms with Crippen LogP contribution in [0.4, 0.5) is 0 Å². The summed E-state index contributed by atoms with van der Waals surface area (Å²) in [5, 5.41) is 10.9. The number of nitrogens with zero attached hydrogens (tertiary/aromatic N) is 5. The second-order valence-electron chi connectivity index (χ2n) is 6.46. The highest BCUT2D eigenvalue weighted by Crippen LogP contribution is 2.29. The lowest BCUT2D eigenvalue weighted by molar-refractivity contribution is 0.886. The van der Waals surface area contributed by atoms with Crippen LogP contribution >= 0.6 is 23.4 Å². The molecule has 0 aliphatic heterocycles. The van der Waals surface area contributed by atoms with Crippen LogP contribution in [0.2, 0.25) is 5.15 Å². The van der Waals surface area contributed by atoms with E-state index in [0.717, 1.165) is 33.0 Å². The third-order valence-corrected chi connectivity index (χ3v) is 5.86. The van der Waals surface area contributed by atoms with E-state index in [9.17, 15) is 0 Å². The smallest absolute Gasteiger partial charge is 0.256 e. The van der Waals surface area contributed by atoms with Gasteiger partial charge in [0.05, 0.1) is 5.52 Å². The van der Waals surface area contributed by atoms with Crippen LogP contribution in [0.1, 0.15) is 28.1 Å². The van der Waals surface area contributed by atoms with Crippen molar-refractivity contribution in [3.05, 3.63) is 57.5 Å². The van der Waals surface area contributed by atoms with Crippen molar-refractivity contribution in [2.45, 2.75) is 38.6 Å². The van der Waals surface area contributed by atoms with E-state index in [-0.39, 0.29) is 0 Å². The molecule has 132 valence electrons. The van der Waals surface area contributed by atoms with Gasteiger partial charge in [-0.25, -0.2) is 9.97 Å². The Balaban J connectivity index is 1.68. The fourth-order valence-corrected chi connectivity index (χ4v) is 4.28. The fourth-order valence-electron chi connectivity index (χ4n) is 3.04. The normalized spacial score (nSPS) is 11.6. The largest absolute Gasteiger partial charge is 0.259 e. The van der Waals surface area contributed by atoms with Crippen molar-refractivity contribution < 1.29 is 0 Å². The third-order valence-electron chi connectivity index (χ3n) is 4.56. The second kappa shape index (κ2) is 6.52. The summed E-state index contributed by atoms with van der Waals surface area (Å²) in [7, 11) is 0. The number of aromatic nitrogens is 5. The van der Waals surface area contributed by atoms with Crippen molar-refractivity contribution in [3.63, 3.8) is 0 Å². The molecule has 0 atom stereocenters. The number of rotatable bonds is 3. The minimum Gasteiger partial charge on any atom is -0.259 e. The minimum atomic E-state index is 0.540. The Morgan fingerprint density at radius 2 is 1.85 bits per heavy atom. The molecule has 0 saturated carbocycles. The number of halogens is 1. The lowest BCUT2D eigenvalue weighted by Gasteiger charge is -2.09. The van der Waals surface area contributed by atoms with Crippen LogP contribution in [0, 0.1) is 27.7 Å². The molecule has 0 aliphatic carbocycles. The summed E-state index contributed by atoms with van der Waals surface area (Å²) >= 11 is 8.04. The summed E-state index contributed by atoms with van der Waals surface area (Å²) in [6.07, 6.45) is 0. The van der Waals surface area contributed by atoms with E-state index in [1.54, 1.807) is 11.8 Å². The number of thioether (sulfide) groups is 1. The molecule has 3 heterocycles. The van der Waals surface area contributed by atoms with Gasteiger partial charge in [-0.1, -0.05) is 35.5 Å². The second-order valence-corrected chi connectivity index (χ2v) is 7.76. The average Bonchev–Trinajstić information content (AvgIpc) is 3.00. The number of pyridine rings is 1. The van der Waals surface area contributed by atoms with Gasteiger partial charge in [-0.3, -0.25) is 4.40 Å². The quantitative estimate of drug-likeness (QED) is 0.374. The van der Waals surface area contributed by atoms with Gasteiger partial charge in [0.15, 0.2) is 5.16 Å². The van der Waals surface area contributed by atoms with Crippen LogP contribution in [0.15, 0.2) is 29.4 Å². The molecule has 1 aromatic carbocycles. The van der Waals surface area contributed by atoms with Gasteiger partial charge in [-0.2, -0.15) is 0 Å². The first-order chi connectivity index (χ1) is 12.4. The minimum absolute atomic E-state index is 0.540. The molecule has 0 unspecified atom stereocenters. The maximum atomic E-state index is 6.46. The van der Waals surface area contributed by atoms with Crippen molar-refractivity contribution in [1.29, 1.82) is 0 Å². The fraction of sp³-hybridized carbons (Fsp3) is 0.263. The number of hydrogen-bond donors (Lipinski definition) is 0. The molecule has 3 aromatic heterocycles. The van der Waals surface area contributed by atoms with Crippen molar-refractivity contribution in [2.75, 3.05) is 0 Å². The van der Waals surface area contributed by atoms with E-state index in [1.807, 2.05) is 24.3 Å². The molecule has 5 nitrogen and oxygen atoms in total. The summed E-state index contributed by atoms with van der Waals surface area (Å²) in [5.41, 5.74) is 6.34. The Kier molecular flexibility index (Phi) is 4.32. The zero-order valence-electron chi connectivity index (χ0n) is 15.0. The van der Waals surface area contributed by atoms with Gasteiger partial charge in [0, 0.05) is 28.1 Å². The first-order valence-corrected chi connectivity index (χ1v) is 9.68. The molecule has 4 rings (SSSR count). The molecule has 0 aliphatic rings. The summed E-state index contributed by atoms with van der Waals surface area (Å²) in [4.78, 5) is 9.05. The van der Waals surface area contributed by atoms with Crippen molar-refractivity contribution in [1.82, 2.24) is 24.6 Å². The molecule has 26 heavy (non-hydrogen) atoms. The SMILES string of the molecule is Cc1cc(C)n2c(SCc3cc4ccc(C)c(C)c4nc3Cl)nnc2n1. The highest BCUT2D eigenvalue weighted by molar-refractivity contribution is 7.98. The van der Waals surface area contributed by atoms with Gasteiger partial charge in [0.1, 0.15) is 5.15 Å². The standard InChI is InChI=1S/C19H18ClN5S/c1-10-5-6-14-8-15(17(20)22-16(14)13(10)4)9-26-19-24-23-18-21-11(2)7-12(3)25(18)19/h5-8H,9H2,1-4H3. The maximum absolute atomic E-state index is 6.46. The first-order valence-electron chi connectivity index (χ1n) is 8.31. The van der Waals surface area contributed by atoms with Gasteiger partial charge in [0.25, 0.3) is 5.78 Å². The molecule has 0 amide bonds. The van der Waals surface area contributed by atoms with E-state index < -0.39 is 0 Å². The average molecular weight is 384 g/mol. The lowest BCUT2D eigenvalue weighted by atomic mass is 10.0. The van der Waals surface area contributed by atoms with E-state index in [1.165, 1.54) is 11.1 Å². The highest BCUT2D eigenvalue weighted by Gasteiger charge is 2.13. The predicted octanol–water partition coefficient (Wildman–Crippen LogP) is 4.85. The number of benzene rings is 1. The van der Waals surface area contributed by atoms with Crippen LogP contribution in [0.25, 0.3) is 16.7 Å². The van der Waals surface area contributed by atoms with Crippen LogP contribution in [-0.2, 0) is 5.75 Å². The van der Waals surface area contributed by atoms with E-state index in [0.29, 0.717) is 16.7 Å². The Morgan fingerprint density at radius 1 is 1.04 bits per heavy atom. The summed E-state index contributed by atoms with van der Waals surface area (Å²) in [6.45, 7) is 8.15. The molecule has 7 heteroatoms. The Morgan fingerprint density at radius 3 is 2.65 bits per heavy atom. The topological polar surface area (TPSA) is 56.0 Å². The Bertz CT molecular complexity index is 1150. The Labute approximate surface area is 160 Å². The summed E-state index contributed by atoms with van der Waals surface area (Å²) < 4.78 is 1.97. The monoisotopic (exact) mass is 383 g/mol. The zero-order valence-corrected chi connectivity index (χ0v) is 16.6. The van der Waals surface area contributed by atoms with E-state index in [4.69, 9.17) is 11.6 Å². The molecule has 0 spiro atoms. The Hall–Kier alpha value is -2.18. The molecule has 0 fully saturated rings. The summed E-state index contributed by atoms with van der Waals surface area (Å²) in [5.74, 6) is 1.29. The van der Waals surface area contributed by atoms with Crippen LogP contribution < -0.4 is 0 Å². The van der Waals surface area contributed by atoms with Gasteiger partial charge in [0.2, 0.25) is 0 Å². The molecular weight excluding hydrogens is 366 g/mol. The highest BCUT2D eigenvalue weighted by atomic mass is 35.5. The molecule has 0 saturated heterocycles. The maximum Gasteiger partial charge on any atom is 0.256 e. The zero-order chi connectivity index (χ0) is 18.4. The van der Waals surface area contributed by atoms with Gasteiger partial charge in [-0.05, 0) is 51.0 Å². The van der Waals surface area contributed by atoms with Gasteiger partial charge < -0.3 is 0 Å². The van der Waals surface area contributed by atoms with Crippen LogP contribution in [-0.4, -0.2) is 24.6 Å². The van der Waals surface area contributed by atoms with Gasteiger partial charge in [-0.15, -0.1) is 10.2 Å². The van der Waals surface area contributed by atoms with Crippen LogP contribution in [0.3, 0.4) is 0 Å². The van der Waals surface area contributed by atoms with E-state index >= 15 is 0 Å². The first kappa shape index (κ1) is 17.2. The van der Waals surface area contributed by atoms with Crippen LogP contribution in [0.5, 0.6) is 0 Å². The third kappa shape index (κ3) is 2.93. The van der Waals surface area contributed by atoms with E-state index in [2.05, 4.69) is 52.2 Å². The van der Waals surface area contributed by atoms with Crippen molar-refractivity contribution in [3.8, 4) is 0 Å². The lowest BCUT2D eigenvalue weighted by Crippen LogP contribution is -1.98. The summed E-state index contributed by atoms with van der Waals surface area (Å²) in [6, 6.07) is 8.35. The molecular formula is C19H18ClN5S. The molecule has 0 radical (unpaired) electrons. The van der Waals surface area contributed by atoms with Gasteiger partial charge >= 0.3 is 0 Å².